The van der Waals surface area contributed by atoms with Gasteiger partial charge in [-0.1, -0.05) is 49.1 Å². The van der Waals surface area contributed by atoms with E-state index in [2.05, 4.69) is 40.3 Å². The lowest BCUT2D eigenvalue weighted by Gasteiger charge is -2.14. The molecule has 2 aromatic carbocycles. The normalized spacial score (nSPS) is 11.6. The fourth-order valence-electron chi connectivity index (χ4n) is 4.55. The molecule has 1 amide bonds. The maximum atomic E-state index is 13.4. The van der Waals surface area contributed by atoms with E-state index in [0.29, 0.717) is 17.7 Å². The highest BCUT2D eigenvalue weighted by molar-refractivity contribution is 6.02. The third kappa shape index (κ3) is 5.08. The van der Waals surface area contributed by atoms with Gasteiger partial charge in [0.25, 0.3) is 11.5 Å². The van der Waals surface area contributed by atoms with Crippen molar-refractivity contribution in [2.24, 2.45) is 12.8 Å². The monoisotopic (exact) mass is 532 g/mol. The summed E-state index contributed by atoms with van der Waals surface area (Å²) >= 11 is 0. The number of primary amides is 1. The highest BCUT2D eigenvalue weighted by Gasteiger charge is 2.20. The minimum absolute atomic E-state index is 0.0355. The first-order chi connectivity index (χ1) is 19.4. The van der Waals surface area contributed by atoms with Gasteiger partial charge in [-0.3, -0.25) is 18.8 Å². The molecule has 10 heteroatoms. The van der Waals surface area contributed by atoms with Gasteiger partial charge in [0.15, 0.2) is 5.82 Å². The number of rotatable bonds is 3. The van der Waals surface area contributed by atoms with E-state index in [1.165, 1.54) is 4.68 Å². The van der Waals surface area contributed by atoms with Crippen LogP contribution in [0.25, 0.3) is 22.7 Å². The largest absolute Gasteiger partial charge is 0.381 e. The standard InChI is InChI=1S/C23H19N3O.C7H9N5O/c1-3-20-14-19-9-7-8-18(13-12-17-15-24-25(2)16-17)22(19)23(27)26(20)21-10-5-4-6-11-21;8-5-4(6(9)13)7-10-2-1-3-12(7)11-5/h4-11,14-16H,3H2,1-2H3;1,3,10H,2H2,(H2,8,11)(H2,9,13). The topological polar surface area (TPSA) is 139 Å². The molecule has 0 aliphatic carbocycles. The molecule has 5 N–H and O–H groups in total. The number of hydrogen-bond donors (Lipinski definition) is 3. The van der Waals surface area contributed by atoms with Crippen LogP contribution in [0.3, 0.4) is 0 Å². The molecule has 6 rings (SSSR count). The predicted octanol–water partition coefficient (Wildman–Crippen LogP) is 3.15. The lowest BCUT2D eigenvalue weighted by Crippen LogP contribution is -2.22. The predicted molar refractivity (Wildman–Crippen MR) is 157 cm³/mol. The van der Waals surface area contributed by atoms with Crippen molar-refractivity contribution in [1.29, 1.82) is 0 Å². The van der Waals surface area contributed by atoms with E-state index in [1.54, 1.807) is 21.6 Å². The number of nitrogens with two attached hydrogens (primary N) is 2. The molecule has 0 fully saturated rings. The van der Waals surface area contributed by atoms with E-state index in [4.69, 9.17) is 11.5 Å². The zero-order valence-corrected chi connectivity index (χ0v) is 22.1. The van der Waals surface area contributed by atoms with E-state index < -0.39 is 5.91 Å². The molecule has 0 atom stereocenters. The Bertz CT molecular complexity index is 1870. The van der Waals surface area contributed by atoms with Crippen LogP contribution in [0.2, 0.25) is 0 Å². The number of carbonyl (C=O) groups excluding carboxylic acids is 1. The summed E-state index contributed by atoms with van der Waals surface area (Å²) in [4.78, 5) is 24.4. The van der Waals surface area contributed by atoms with Gasteiger partial charge in [-0.2, -0.15) is 5.10 Å². The second-order valence-electron chi connectivity index (χ2n) is 9.07. The van der Waals surface area contributed by atoms with E-state index in [1.807, 2.05) is 67.9 Å². The fourth-order valence-corrected chi connectivity index (χ4v) is 4.55. The van der Waals surface area contributed by atoms with Crippen LogP contribution >= 0.6 is 0 Å². The molecular formula is C30H28N8O2. The second kappa shape index (κ2) is 11.0. The Labute approximate surface area is 230 Å². The van der Waals surface area contributed by atoms with Crippen LogP contribution in [0.15, 0.2) is 77.9 Å². The Hall–Kier alpha value is -5.56. The van der Waals surface area contributed by atoms with Crippen LogP contribution in [-0.2, 0) is 13.5 Å². The van der Waals surface area contributed by atoms with Crippen LogP contribution in [0.1, 0.15) is 34.1 Å². The fraction of sp³-hybridized carbons (Fsp3) is 0.133. The first kappa shape index (κ1) is 26.1. The molecule has 0 saturated heterocycles. The molecule has 4 heterocycles. The molecule has 0 spiro atoms. The minimum Gasteiger partial charge on any atom is -0.381 e. The molecule has 0 radical (unpaired) electrons. The molecule has 1 aliphatic heterocycles. The van der Waals surface area contributed by atoms with E-state index >= 15 is 0 Å². The number of amides is 1. The average Bonchev–Trinajstić information content (AvgIpc) is 3.53. The molecule has 1 aliphatic rings. The third-order valence-electron chi connectivity index (χ3n) is 6.36. The van der Waals surface area contributed by atoms with Gasteiger partial charge in [-0.25, -0.2) is 4.68 Å². The number of nitrogen functional groups attached to an aromatic ring is 1. The Kier molecular flexibility index (Phi) is 7.20. The summed E-state index contributed by atoms with van der Waals surface area (Å²) in [5.74, 6) is 6.41. The van der Waals surface area contributed by atoms with Crippen molar-refractivity contribution in [2.45, 2.75) is 13.3 Å². The van der Waals surface area contributed by atoms with Gasteiger partial charge in [0, 0.05) is 42.9 Å². The second-order valence-corrected chi connectivity index (χ2v) is 9.07. The number of carbonyl (C=O) groups is 1. The van der Waals surface area contributed by atoms with Crippen LogP contribution in [-0.4, -0.2) is 36.6 Å². The first-order valence-corrected chi connectivity index (χ1v) is 12.7. The molecule has 5 aromatic rings. The van der Waals surface area contributed by atoms with Crippen molar-refractivity contribution >= 4 is 34.5 Å². The van der Waals surface area contributed by atoms with Crippen LogP contribution in [0, 0.1) is 11.8 Å². The number of anilines is 2. The van der Waals surface area contributed by atoms with Crippen molar-refractivity contribution in [3.05, 3.63) is 106 Å². The number of pyridine rings is 1. The molecule has 0 saturated carbocycles. The number of aromatic nitrogens is 5. The van der Waals surface area contributed by atoms with Crippen molar-refractivity contribution in [1.82, 2.24) is 24.1 Å². The number of fused-ring (bicyclic) bond motifs is 2. The van der Waals surface area contributed by atoms with Gasteiger partial charge < -0.3 is 16.8 Å². The van der Waals surface area contributed by atoms with Gasteiger partial charge in [-0.05, 0) is 42.1 Å². The zero-order chi connectivity index (χ0) is 28.2. The van der Waals surface area contributed by atoms with E-state index in [-0.39, 0.29) is 16.9 Å². The first-order valence-electron chi connectivity index (χ1n) is 12.7. The Morgan fingerprint density at radius 2 is 1.93 bits per heavy atom. The van der Waals surface area contributed by atoms with Crippen molar-refractivity contribution in [3.63, 3.8) is 0 Å². The summed E-state index contributed by atoms with van der Waals surface area (Å²) in [5.41, 5.74) is 14.3. The van der Waals surface area contributed by atoms with Crippen LogP contribution in [0.5, 0.6) is 0 Å². The van der Waals surface area contributed by atoms with Crippen molar-refractivity contribution < 1.29 is 4.79 Å². The number of hydrogen-bond acceptors (Lipinski definition) is 6. The summed E-state index contributed by atoms with van der Waals surface area (Å²) in [5, 5.41) is 12.6. The lowest BCUT2D eigenvalue weighted by molar-refractivity contribution is 0.100. The Morgan fingerprint density at radius 3 is 2.62 bits per heavy atom. The summed E-state index contributed by atoms with van der Waals surface area (Å²) in [6.07, 6.45) is 7.94. The average molecular weight is 533 g/mol. The summed E-state index contributed by atoms with van der Waals surface area (Å²) in [6.45, 7) is 2.71. The molecular weight excluding hydrogens is 504 g/mol. The van der Waals surface area contributed by atoms with Crippen molar-refractivity contribution in [3.8, 4) is 17.5 Å². The third-order valence-corrected chi connectivity index (χ3v) is 6.36. The molecule has 0 bridgehead atoms. The Balaban J connectivity index is 0.000000207. The highest BCUT2D eigenvalue weighted by Crippen LogP contribution is 2.23. The Morgan fingerprint density at radius 1 is 1.12 bits per heavy atom. The number of nitrogens with zero attached hydrogens (tertiary/aromatic N) is 5. The highest BCUT2D eigenvalue weighted by atomic mass is 16.1. The maximum Gasteiger partial charge on any atom is 0.264 e. The number of aryl methyl sites for hydroxylation is 2. The smallest absolute Gasteiger partial charge is 0.264 e. The molecule has 200 valence electrons. The van der Waals surface area contributed by atoms with Gasteiger partial charge in [0.05, 0.1) is 17.1 Å². The summed E-state index contributed by atoms with van der Waals surface area (Å²) in [7, 11) is 1.86. The quantitative estimate of drug-likeness (QED) is 0.305. The minimum atomic E-state index is -0.568. The SMILES string of the molecule is CCc1cc2cccc(C#Cc3cnn(C)c3)c2c(=O)n1-c1ccccc1.NC(=O)c1c(N)nn2c1NCC=C2. The van der Waals surface area contributed by atoms with E-state index in [0.717, 1.165) is 34.3 Å². The number of benzene rings is 2. The van der Waals surface area contributed by atoms with Crippen molar-refractivity contribution in [2.75, 3.05) is 17.6 Å². The summed E-state index contributed by atoms with van der Waals surface area (Å²) < 4.78 is 5.00. The molecule has 0 unspecified atom stereocenters. The van der Waals surface area contributed by atoms with Gasteiger partial charge in [0.2, 0.25) is 0 Å². The molecule has 10 nitrogen and oxygen atoms in total. The lowest BCUT2D eigenvalue weighted by atomic mass is 10.0. The zero-order valence-electron chi connectivity index (χ0n) is 22.1. The molecule has 40 heavy (non-hydrogen) atoms. The van der Waals surface area contributed by atoms with Crippen LogP contribution in [0.4, 0.5) is 11.6 Å². The maximum absolute atomic E-state index is 13.4. The van der Waals surface area contributed by atoms with Gasteiger partial charge >= 0.3 is 0 Å². The molecule has 3 aromatic heterocycles. The van der Waals surface area contributed by atoms with E-state index in [9.17, 15) is 9.59 Å². The summed E-state index contributed by atoms with van der Waals surface area (Å²) in [6, 6.07) is 17.6. The number of nitrogens with one attached hydrogen (secondary N) is 1. The number of para-hydroxylation sites is 1. The van der Waals surface area contributed by atoms with Crippen LogP contribution < -0.4 is 22.3 Å². The van der Waals surface area contributed by atoms with Gasteiger partial charge in [0.1, 0.15) is 11.4 Å². The van der Waals surface area contributed by atoms with Gasteiger partial charge in [-0.15, -0.1) is 5.10 Å².